The number of halogens is 1. The molecule has 0 fully saturated rings. The highest BCUT2D eigenvalue weighted by molar-refractivity contribution is 9.10. The van der Waals surface area contributed by atoms with E-state index >= 15 is 0 Å². The summed E-state index contributed by atoms with van der Waals surface area (Å²) in [5.41, 5.74) is 2.08. The molecule has 22 heavy (non-hydrogen) atoms. The third-order valence-corrected chi connectivity index (χ3v) is 3.73. The van der Waals surface area contributed by atoms with Crippen molar-refractivity contribution in [3.05, 3.63) is 46.4 Å². The van der Waals surface area contributed by atoms with E-state index in [9.17, 15) is 0 Å². The molecule has 0 radical (unpaired) electrons. The highest BCUT2D eigenvalue weighted by Crippen LogP contribution is 2.34. The molecule has 2 aromatic carbocycles. The second kappa shape index (κ2) is 6.48. The molecule has 1 N–H and O–H groups in total. The van der Waals surface area contributed by atoms with Crippen LogP contribution in [0.4, 0.5) is 5.69 Å². The number of hydrogen-bond acceptors (Lipinski definition) is 4. The summed E-state index contributed by atoms with van der Waals surface area (Å²) in [5.74, 6) is 2.46. The maximum absolute atomic E-state index is 5.86. The quantitative estimate of drug-likeness (QED) is 0.843. The summed E-state index contributed by atoms with van der Waals surface area (Å²) >= 11 is 3.51. The molecule has 1 aliphatic heterocycles. The second-order valence-electron chi connectivity index (χ2n) is 5.34. The first-order chi connectivity index (χ1) is 10.6. The lowest BCUT2D eigenvalue weighted by molar-refractivity contribution is 0.174. The van der Waals surface area contributed by atoms with Gasteiger partial charge in [0.05, 0.1) is 6.10 Å². The van der Waals surface area contributed by atoms with Crippen LogP contribution in [0.15, 0.2) is 40.9 Å². The van der Waals surface area contributed by atoms with Crippen molar-refractivity contribution in [2.75, 3.05) is 12.1 Å². The largest absolute Gasteiger partial charge is 0.491 e. The smallest absolute Gasteiger partial charge is 0.231 e. The van der Waals surface area contributed by atoms with Crippen molar-refractivity contribution in [3.8, 4) is 17.2 Å². The van der Waals surface area contributed by atoms with E-state index in [0.29, 0.717) is 6.54 Å². The van der Waals surface area contributed by atoms with Crippen molar-refractivity contribution in [1.29, 1.82) is 0 Å². The topological polar surface area (TPSA) is 39.7 Å². The molecule has 0 unspecified atom stereocenters. The van der Waals surface area contributed by atoms with Crippen molar-refractivity contribution >= 4 is 21.6 Å². The first kappa shape index (κ1) is 15.0. The van der Waals surface area contributed by atoms with Gasteiger partial charge in [-0.15, -0.1) is 0 Å². The zero-order valence-electron chi connectivity index (χ0n) is 12.6. The molecule has 3 rings (SSSR count). The van der Waals surface area contributed by atoms with Crippen molar-refractivity contribution in [2.45, 2.75) is 26.5 Å². The number of rotatable bonds is 5. The molecule has 0 saturated carbocycles. The van der Waals surface area contributed by atoms with Gasteiger partial charge < -0.3 is 19.5 Å². The fourth-order valence-corrected chi connectivity index (χ4v) is 2.67. The number of hydrogen-bond donors (Lipinski definition) is 1. The molecular formula is C17H18BrNO3. The minimum Gasteiger partial charge on any atom is -0.491 e. The van der Waals surface area contributed by atoms with Gasteiger partial charge in [0.1, 0.15) is 5.75 Å². The average Bonchev–Trinajstić information content (AvgIpc) is 2.94. The van der Waals surface area contributed by atoms with Gasteiger partial charge in [-0.05, 0) is 44.2 Å². The summed E-state index contributed by atoms with van der Waals surface area (Å²) in [5, 5.41) is 3.40. The van der Waals surface area contributed by atoms with E-state index in [1.54, 1.807) is 0 Å². The Bertz CT molecular complexity index is 673. The summed E-state index contributed by atoms with van der Waals surface area (Å²) < 4.78 is 17.6. The van der Waals surface area contributed by atoms with Gasteiger partial charge in [-0.1, -0.05) is 15.9 Å². The lowest BCUT2D eigenvalue weighted by atomic mass is 10.2. The molecule has 0 spiro atoms. The summed E-state index contributed by atoms with van der Waals surface area (Å²) in [6.07, 6.45) is 0.144. The Balaban J connectivity index is 1.74. The number of fused-ring (bicyclic) bond motifs is 1. The van der Waals surface area contributed by atoms with Gasteiger partial charge in [-0.25, -0.2) is 0 Å². The lowest BCUT2D eigenvalue weighted by Gasteiger charge is -2.15. The van der Waals surface area contributed by atoms with E-state index in [2.05, 4.69) is 27.3 Å². The molecule has 2 aromatic rings. The highest BCUT2D eigenvalue weighted by Gasteiger charge is 2.13. The minimum atomic E-state index is 0.144. The molecule has 1 heterocycles. The Labute approximate surface area is 138 Å². The lowest BCUT2D eigenvalue weighted by Crippen LogP contribution is -2.09. The Morgan fingerprint density at radius 2 is 1.95 bits per heavy atom. The maximum Gasteiger partial charge on any atom is 0.231 e. The zero-order valence-corrected chi connectivity index (χ0v) is 14.1. The fourth-order valence-electron chi connectivity index (χ4n) is 2.26. The maximum atomic E-state index is 5.86. The summed E-state index contributed by atoms with van der Waals surface area (Å²) in [7, 11) is 0. The van der Waals surface area contributed by atoms with E-state index < -0.39 is 0 Å². The predicted molar refractivity (Wildman–Crippen MR) is 89.8 cm³/mol. The standard InChI is InChI=1S/C17H18BrNO3/c1-11(2)22-15-5-3-13(18)7-12(15)9-19-14-4-6-16-17(8-14)21-10-20-16/h3-8,11,19H,9-10H2,1-2H3. The highest BCUT2D eigenvalue weighted by atomic mass is 79.9. The predicted octanol–water partition coefficient (Wildman–Crippen LogP) is 4.58. The van der Waals surface area contributed by atoms with Crippen LogP contribution in [0.5, 0.6) is 17.2 Å². The average molecular weight is 364 g/mol. The van der Waals surface area contributed by atoms with Crippen molar-refractivity contribution in [2.24, 2.45) is 0 Å². The molecule has 5 heteroatoms. The third kappa shape index (κ3) is 3.47. The van der Waals surface area contributed by atoms with Crippen LogP contribution in [-0.4, -0.2) is 12.9 Å². The second-order valence-corrected chi connectivity index (χ2v) is 6.26. The van der Waals surface area contributed by atoms with Crippen molar-refractivity contribution < 1.29 is 14.2 Å². The molecule has 1 aliphatic rings. The molecule has 116 valence electrons. The van der Waals surface area contributed by atoms with Gasteiger partial charge >= 0.3 is 0 Å². The Hall–Kier alpha value is -1.88. The number of benzene rings is 2. The fraction of sp³-hybridized carbons (Fsp3) is 0.294. The first-order valence-electron chi connectivity index (χ1n) is 7.20. The SMILES string of the molecule is CC(C)Oc1ccc(Br)cc1CNc1ccc2c(c1)OCO2. The Kier molecular flexibility index (Phi) is 4.43. The molecule has 0 atom stereocenters. The van der Waals surface area contributed by atoms with Gasteiger partial charge in [-0.3, -0.25) is 0 Å². The van der Waals surface area contributed by atoms with Gasteiger partial charge in [0.25, 0.3) is 0 Å². The molecule has 4 nitrogen and oxygen atoms in total. The molecular weight excluding hydrogens is 346 g/mol. The first-order valence-corrected chi connectivity index (χ1v) is 8.00. The molecule has 0 bridgehead atoms. The van der Waals surface area contributed by atoms with E-state index in [4.69, 9.17) is 14.2 Å². The number of anilines is 1. The zero-order chi connectivity index (χ0) is 15.5. The van der Waals surface area contributed by atoms with Crippen molar-refractivity contribution in [3.63, 3.8) is 0 Å². The third-order valence-electron chi connectivity index (χ3n) is 3.24. The van der Waals surface area contributed by atoms with Crippen LogP contribution in [0.25, 0.3) is 0 Å². The van der Waals surface area contributed by atoms with Crippen LogP contribution in [0.2, 0.25) is 0 Å². The van der Waals surface area contributed by atoms with Crippen LogP contribution >= 0.6 is 15.9 Å². The number of ether oxygens (including phenoxy) is 3. The normalized spacial score (nSPS) is 12.5. The number of nitrogens with one attached hydrogen (secondary N) is 1. The minimum absolute atomic E-state index is 0.144. The Morgan fingerprint density at radius 1 is 1.14 bits per heavy atom. The van der Waals surface area contributed by atoms with Crippen molar-refractivity contribution in [1.82, 2.24) is 0 Å². The monoisotopic (exact) mass is 363 g/mol. The molecule has 0 aromatic heterocycles. The van der Waals surface area contributed by atoms with E-state index in [1.807, 2.05) is 44.2 Å². The van der Waals surface area contributed by atoms with Crippen LogP contribution in [-0.2, 0) is 6.54 Å². The van der Waals surface area contributed by atoms with Crippen LogP contribution in [0.1, 0.15) is 19.4 Å². The van der Waals surface area contributed by atoms with Gasteiger partial charge in [0.2, 0.25) is 6.79 Å². The van der Waals surface area contributed by atoms with E-state index in [0.717, 1.165) is 33.0 Å². The summed E-state index contributed by atoms with van der Waals surface area (Å²) in [6.45, 7) is 5.01. The van der Waals surface area contributed by atoms with Crippen LogP contribution < -0.4 is 19.5 Å². The van der Waals surface area contributed by atoms with Gasteiger partial charge in [-0.2, -0.15) is 0 Å². The van der Waals surface area contributed by atoms with E-state index in [-0.39, 0.29) is 12.9 Å². The molecule has 0 saturated heterocycles. The van der Waals surface area contributed by atoms with Gasteiger partial charge in [0.15, 0.2) is 11.5 Å². The van der Waals surface area contributed by atoms with Crippen LogP contribution in [0, 0.1) is 0 Å². The van der Waals surface area contributed by atoms with E-state index in [1.165, 1.54) is 0 Å². The molecule has 0 amide bonds. The Morgan fingerprint density at radius 3 is 2.77 bits per heavy atom. The van der Waals surface area contributed by atoms with Gasteiger partial charge in [0, 0.05) is 28.3 Å². The molecule has 0 aliphatic carbocycles. The summed E-state index contributed by atoms with van der Waals surface area (Å²) in [6, 6.07) is 11.9. The summed E-state index contributed by atoms with van der Waals surface area (Å²) in [4.78, 5) is 0. The van der Waals surface area contributed by atoms with Crippen LogP contribution in [0.3, 0.4) is 0 Å².